The largest absolute Gasteiger partial charge is 0.333 e. The van der Waals surface area contributed by atoms with Gasteiger partial charge in [-0.1, -0.05) is 18.2 Å². The van der Waals surface area contributed by atoms with Crippen LogP contribution in [-0.2, 0) is 16.3 Å². The van der Waals surface area contributed by atoms with Crippen LogP contribution < -0.4 is 4.90 Å². The molecule has 1 aromatic carbocycles. The van der Waals surface area contributed by atoms with Gasteiger partial charge in [0.25, 0.3) is 5.91 Å². The van der Waals surface area contributed by atoms with Crippen LogP contribution in [0.25, 0.3) is 0 Å². The lowest BCUT2D eigenvalue weighted by Gasteiger charge is -2.26. The molecule has 142 valence electrons. The molecule has 0 aliphatic carbocycles. The van der Waals surface area contributed by atoms with Gasteiger partial charge in [0, 0.05) is 24.8 Å². The molecule has 1 amide bonds. The highest BCUT2D eigenvalue weighted by molar-refractivity contribution is 7.91. The van der Waals surface area contributed by atoms with Gasteiger partial charge in [-0.25, -0.2) is 8.42 Å². The first-order chi connectivity index (χ1) is 13.0. The molecule has 0 N–H and O–H groups in total. The Morgan fingerprint density at radius 2 is 2.04 bits per heavy atom. The van der Waals surface area contributed by atoms with E-state index in [1.54, 1.807) is 11.0 Å². The van der Waals surface area contributed by atoms with Crippen molar-refractivity contribution in [3.63, 3.8) is 0 Å². The van der Waals surface area contributed by atoms with E-state index >= 15 is 0 Å². The first kappa shape index (κ1) is 17.9. The standard InChI is InChI=1S/C19H22N4O3S/c1-2-22(15-10-12-27(25,26)13-15)19(24)16-7-8-18(21-20-16)23-11-9-14-5-3-4-6-17(14)23/h3-8,15H,2,9-13H2,1H3. The van der Waals surface area contributed by atoms with Crippen LogP contribution in [0.15, 0.2) is 36.4 Å². The molecule has 0 bridgehead atoms. The van der Waals surface area contributed by atoms with E-state index < -0.39 is 9.84 Å². The van der Waals surface area contributed by atoms with Crippen molar-refractivity contribution in [1.29, 1.82) is 0 Å². The van der Waals surface area contributed by atoms with Gasteiger partial charge in [-0.15, -0.1) is 10.2 Å². The highest BCUT2D eigenvalue weighted by Gasteiger charge is 2.34. The summed E-state index contributed by atoms with van der Waals surface area (Å²) in [5, 5.41) is 8.40. The summed E-state index contributed by atoms with van der Waals surface area (Å²) in [7, 11) is -3.05. The Bertz CT molecular complexity index is 959. The third kappa shape index (κ3) is 3.41. The Morgan fingerprint density at radius 1 is 1.22 bits per heavy atom. The average molecular weight is 386 g/mol. The first-order valence-electron chi connectivity index (χ1n) is 9.19. The maximum absolute atomic E-state index is 12.8. The lowest BCUT2D eigenvalue weighted by atomic mass is 10.2. The van der Waals surface area contributed by atoms with Crippen LogP contribution in [0.4, 0.5) is 11.5 Å². The van der Waals surface area contributed by atoms with Crippen LogP contribution in [0.3, 0.4) is 0 Å². The van der Waals surface area contributed by atoms with Crippen molar-refractivity contribution in [3.8, 4) is 0 Å². The molecule has 0 radical (unpaired) electrons. The molecular formula is C19H22N4O3S. The van der Waals surface area contributed by atoms with Gasteiger partial charge in [0.15, 0.2) is 21.3 Å². The Kier molecular flexibility index (Phi) is 4.59. The molecule has 8 heteroatoms. The van der Waals surface area contributed by atoms with E-state index in [0.29, 0.717) is 18.8 Å². The predicted molar refractivity (Wildman–Crippen MR) is 103 cm³/mol. The molecule has 4 rings (SSSR count). The number of rotatable bonds is 4. The molecule has 7 nitrogen and oxygen atoms in total. The lowest BCUT2D eigenvalue weighted by Crippen LogP contribution is -2.41. The third-order valence-corrected chi connectivity index (χ3v) is 7.03. The lowest BCUT2D eigenvalue weighted by molar-refractivity contribution is 0.0701. The highest BCUT2D eigenvalue weighted by atomic mass is 32.2. The van der Waals surface area contributed by atoms with E-state index in [0.717, 1.165) is 18.7 Å². The Morgan fingerprint density at radius 3 is 2.70 bits per heavy atom. The molecule has 0 saturated carbocycles. The van der Waals surface area contributed by atoms with E-state index in [-0.39, 0.29) is 29.1 Å². The molecule has 1 unspecified atom stereocenters. The number of anilines is 2. The van der Waals surface area contributed by atoms with Crippen LogP contribution in [0.2, 0.25) is 0 Å². The van der Waals surface area contributed by atoms with Crippen molar-refractivity contribution in [2.24, 2.45) is 0 Å². The Hall–Kier alpha value is -2.48. The summed E-state index contributed by atoms with van der Waals surface area (Å²) >= 11 is 0. The Balaban J connectivity index is 1.53. The molecule has 1 atom stereocenters. The van der Waals surface area contributed by atoms with Crippen molar-refractivity contribution in [2.75, 3.05) is 29.5 Å². The van der Waals surface area contributed by atoms with Gasteiger partial charge in [-0.05, 0) is 43.5 Å². The number of aromatic nitrogens is 2. The molecule has 2 aromatic rings. The van der Waals surface area contributed by atoms with Gasteiger partial charge >= 0.3 is 0 Å². The van der Waals surface area contributed by atoms with E-state index in [1.165, 1.54) is 5.56 Å². The number of hydrogen-bond donors (Lipinski definition) is 0. The summed E-state index contributed by atoms with van der Waals surface area (Å²) in [6, 6.07) is 11.4. The number of nitrogens with zero attached hydrogens (tertiary/aromatic N) is 4. The number of hydrogen-bond acceptors (Lipinski definition) is 6. The van der Waals surface area contributed by atoms with Gasteiger partial charge in [-0.3, -0.25) is 4.79 Å². The maximum atomic E-state index is 12.8. The second-order valence-electron chi connectivity index (χ2n) is 6.96. The zero-order chi connectivity index (χ0) is 19.0. The molecule has 3 heterocycles. The first-order valence-corrected chi connectivity index (χ1v) is 11.0. The minimum atomic E-state index is -3.05. The summed E-state index contributed by atoms with van der Waals surface area (Å²) < 4.78 is 23.5. The van der Waals surface area contributed by atoms with E-state index in [4.69, 9.17) is 0 Å². The van der Waals surface area contributed by atoms with E-state index in [2.05, 4.69) is 27.2 Å². The molecular weight excluding hydrogens is 364 g/mol. The SMILES string of the molecule is CCN(C(=O)c1ccc(N2CCc3ccccc32)nn1)C1CCS(=O)(=O)C1. The summed E-state index contributed by atoms with van der Waals surface area (Å²) in [4.78, 5) is 16.5. The fourth-order valence-electron chi connectivity index (χ4n) is 3.90. The van der Waals surface area contributed by atoms with Crippen molar-refractivity contribution >= 4 is 27.2 Å². The van der Waals surface area contributed by atoms with Crippen LogP contribution in [0.5, 0.6) is 0 Å². The monoisotopic (exact) mass is 386 g/mol. The molecule has 1 aromatic heterocycles. The van der Waals surface area contributed by atoms with Gasteiger partial charge in [0.05, 0.1) is 11.5 Å². The maximum Gasteiger partial charge on any atom is 0.274 e. The van der Waals surface area contributed by atoms with Crippen LogP contribution in [0, 0.1) is 0 Å². The number of sulfone groups is 1. The highest BCUT2D eigenvalue weighted by Crippen LogP contribution is 2.32. The quantitative estimate of drug-likeness (QED) is 0.797. The number of amides is 1. The van der Waals surface area contributed by atoms with Crippen LogP contribution >= 0.6 is 0 Å². The van der Waals surface area contributed by atoms with E-state index in [9.17, 15) is 13.2 Å². The average Bonchev–Trinajstić information content (AvgIpc) is 3.25. The molecule has 0 spiro atoms. The summed E-state index contributed by atoms with van der Waals surface area (Å²) in [5.74, 6) is 0.617. The third-order valence-electron chi connectivity index (χ3n) is 5.28. The van der Waals surface area contributed by atoms with Crippen LogP contribution in [-0.4, -0.2) is 60.1 Å². The molecule has 2 aliphatic rings. The van der Waals surface area contributed by atoms with E-state index in [1.807, 2.05) is 25.1 Å². The predicted octanol–water partition coefficient (Wildman–Crippen LogP) is 1.82. The summed E-state index contributed by atoms with van der Waals surface area (Å²) in [6.07, 6.45) is 1.44. The zero-order valence-corrected chi connectivity index (χ0v) is 16.0. The fourth-order valence-corrected chi connectivity index (χ4v) is 5.63. The van der Waals surface area contributed by atoms with Crippen molar-refractivity contribution < 1.29 is 13.2 Å². The number of para-hydroxylation sites is 1. The minimum absolute atomic E-state index is 0.0304. The molecule has 1 saturated heterocycles. The number of fused-ring (bicyclic) bond motifs is 1. The summed E-state index contributed by atoms with van der Waals surface area (Å²) in [5.41, 5.74) is 2.65. The molecule has 2 aliphatic heterocycles. The second kappa shape index (κ2) is 6.92. The molecule has 1 fully saturated rings. The minimum Gasteiger partial charge on any atom is -0.333 e. The topological polar surface area (TPSA) is 83.5 Å². The van der Waals surface area contributed by atoms with Gasteiger partial charge in [0.2, 0.25) is 0 Å². The second-order valence-corrected chi connectivity index (χ2v) is 9.18. The smallest absolute Gasteiger partial charge is 0.274 e. The van der Waals surface area contributed by atoms with Gasteiger partial charge in [-0.2, -0.15) is 0 Å². The number of benzene rings is 1. The van der Waals surface area contributed by atoms with Gasteiger partial charge in [0.1, 0.15) is 0 Å². The Labute approximate surface area is 158 Å². The van der Waals surface area contributed by atoms with Crippen molar-refractivity contribution in [3.05, 3.63) is 47.7 Å². The van der Waals surface area contributed by atoms with Crippen molar-refractivity contribution in [1.82, 2.24) is 15.1 Å². The normalized spacial score (nSPS) is 20.5. The number of carbonyl (C=O) groups is 1. The van der Waals surface area contributed by atoms with Gasteiger partial charge < -0.3 is 9.80 Å². The molecule has 27 heavy (non-hydrogen) atoms. The summed E-state index contributed by atoms with van der Waals surface area (Å²) in [6.45, 7) is 3.14. The number of carbonyl (C=O) groups excluding carboxylic acids is 1. The fraction of sp³-hybridized carbons (Fsp3) is 0.421. The van der Waals surface area contributed by atoms with Crippen LogP contribution in [0.1, 0.15) is 29.4 Å². The zero-order valence-electron chi connectivity index (χ0n) is 15.2. The van der Waals surface area contributed by atoms with Crippen molar-refractivity contribution in [2.45, 2.75) is 25.8 Å².